The van der Waals surface area contributed by atoms with Crippen molar-refractivity contribution in [3.05, 3.63) is 71.8 Å². The predicted molar refractivity (Wildman–Crippen MR) is 120 cm³/mol. The summed E-state index contributed by atoms with van der Waals surface area (Å²) in [4.78, 5) is 12.9. The molecule has 0 aliphatic carbocycles. The summed E-state index contributed by atoms with van der Waals surface area (Å²) in [6.45, 7) is 9.79. The summed E-state index contributed by atoms with van der Waals surface area (Å²) in [5.74, 6) is 0.575. The van der Waals surface area contributed by atoms with Crippen molar-refractivity contribution in [2.45, 2.75) is 38.8 Å². The zero-order valence-electron chi connectivity index (χ0n) is 17.8. The van der Waals surface area contributed by atoms with Gasteiger partial charge in [0.1, 0.15) is 11.4 Å². The molecule has 1 aliphatic heterocycles. The van der Waals surface area contributed by atoms with E-state index in [1.807, 2.05) is 39.0 Å². The van der Waals surface area contributed by atoms with Gasteiger partial charge in [-0.3, -0.25) is 9.10 Å². The molecule has 0 bridgehead atoms. The number of aryl methyl sites for hydroxylation is 1. The number of hydrogen-bond donors (Lipinski definition) is 1. The molecule has 1 atom stereocenters. The van der Waals surface area contributed by atoms with E-state index in [4.69, 9.17) is 4.74 Å². The molecule has 0 fully saturated rings. The minimum Gasteiger partial charge on any atom is -0.487 e. The minimum absolute atomic E-state index is 0.164. The zero-order chi connectivity index (χ0) is 22.1. The number of anilines is 1. The summed E-state index contributed by atoms with van der Waals surface area (Å²) < 4.78 is 31.3. The number of benzene rings is 2. The van der Waals surface area contributed by atoms with E-state index in [0.717, 1.165) is 23.1 Å². The molecule has 0 spiro atoms. The van der Waals surface area contributed by atoms with Crippen LogP contribution in [0.2, 0.25) is 0 Å². The van der Waals surface area contributed by atoms with E-state index in [0.29, 0.717) is 17.7 Å². The molecule has 0 saturated heterocycles. The van der Waals surface area contributed by atoms with Crippen LogP contribution in [-0.2, 0) is 10.0 Å². The number of amides is 1. The number of sulfonamides is 1. The van der Waals surface area contributed by atoms with Gasteiger partial charge in [0, 0.05) is 17.5 Å². The Morgan fingerprint density at radius 2 is 1.93 bits per heavy atom. The Morgan fingerprint density at radius 1 is 1.27 bits per heavy atom. The molecule has 0 aromatic heterocycles. The average molecular weight is 429 g/mol. The van der Waals surface area contributed by atoms with Gasteiger partial charge in [0.15, 0.2) is 0 Å². The average Bonchev–Trinajstić information content (AvgIpc) is 2.64. The van der Waals surface area contributed by atoms with Crippen molar-refractivity contribution in [1.82, 2.24) is 5.32 Å². The lowest BCUT2D eigenvalue weighted by atomic mass is 9.89. The maximum absolute atomic E-state index is 12.9. The van der Waals surface area contributed by atoms with Crippen LogP contribution in [0, 0.1) is 6.92 Å². The molecule has 1 amide bonds. The van der Waals surface area contributed by atoms with Crippen LogP contribution in [0.25, 0.3) is 0 Å². The first kappa shape index (κ1) is 21.9. The second-order valence-electron chi connectivity index (χ2n) is 8.26. The summed E-state index contributed by atoms with van der Waals surface area (Å²) in [7, 11) is -3.44. The highest BCUT2D eigenvalue weighted by atomic mass is 32.2. The fourth-order valence-electron chi connectivity index (χ4n) is 3.66. The van der Waals surface area contributed by atoms with Crippen molar-refractivity contribution in [1.29, 1.82) is 0 Å². The first-order chi connectivity index (χ1) is 14.0. The molecule has 0 saturated carbocycles. The van der Waals surface area contributed by atoms with Crippen LogP contribution in [0.4, 0.5) is 5.69 Å². The Hall–Kier alpha value is -2.80. The van der Waals surface area contributed by atoms with Crippen molar-refractivity contribution >= 4 is 21.6 Å². The molecule has 1 heterocycles. The molecule has 0 radical (unpaired) electrons. The number of nitrogens with zero attached hydrogens (tertiary/aromatic N) is 1. The van der Waals surface area contributed by atoms with Crippen molar-refractivity contribution in [3.63, 3.8) is 0 Å². The van der Waals surface area contributed by atoms with Crippen molar-refractivity contribution in [2.75, 3.05) is 17.1 Å². The van der Waals surface area contributed by atoms with Gasteiger partial charge < -0.3 is 10.1 Å². The highest BCUT2D eigenvalue weighted by molar-refractivity contribution is 7.92. The molecular weight excluding hydrogens is 400 g/mol. The summed E-state index contributed by atoms with van der Waals surface area (Å²) in [6.07, 6.45) is 3.31. The van der Waals surface area contributed by atoms with Gasteiger partial charge in [0.25, 0.3) is 5.91 Å². The zero-order valence-corrected chi connectivity index (χ0v) is 18.6. The molecule has 6 nitrogen and oxygen atoms in total. The topological polar surface area (TPSA) is 75.7 Å². The van der Waals surface area contributed by atoms with E-state index < -0.39 is 15.6 Å². The largest absolute Gasteiger partial charge is 0.487 e. The lowest BCUT2D eigenvalue weighted by Gasteiger charge is -2.38. The Morgan fingerprint density at radius 3 is 2.53 bits per heavy atom. The summed E-state index contributed by atoms with van der Waals surface area (Å²) >= 11 is 0. The van der Waals surface area contributed by atoms with E-state index in [9.17, 15) is 13.2 Å². The number of hydrogen-bond acceptors (Lipinski definition) is 4. The summed E-state index contributed by atoms with van der Waals surface area (Å²) in [5.41, 5.74) is 2.61. The number of nitrogens with one attached hydrogen (secondary N) is 1. The second-order valence-corrected chi connectivity index (χ2v) is 10.2. The predicted octanol–water partition coefficient (Wildman–Crippen LogP) is 3.98. The maximum atomic E-state index is 12.9. The molecule has 3 rings (SSSR count). The second kappa shape index (κ2) is 8.14. The number of fused-ring (bicyclic) bond motifs is 1. The molecule has 1 N–H and O–H groups in total. The van der Waals surface area contributed by atoms with Crippen molar-refractivity contribution in [2.24, 2.45) is 0 Å². The monoisotopic (exact) mass is 428 g/mol. The summed E-state index contributed by atoms with van der Waals surface area (Å²) in [5, 5.41) is 3.10. The van der Waals surface area contributed by atoms with Gasteiger partial charge in [-0.1, -0.05) is 18.2 Å². The third-order valence-corrected chi connectivity index (χ3v) is 6.21. The van der Waals surface area contributed by atoms with Gasteiger partial charge in [-0.15, -0.1) is 6.58 Å². The smallest absolute Gasteiger partial charge is 0.251 e. The molecule has 160 valence electrons. The highest BCUT2D eigenvalue weighted by Gasteiger charge is 2.34. The normalized spacial score (nSPS) is 17.4. The van der Waals surface area contributed by atoms with Crippen LogP contribution in [0.1, 0.15) is 47.8 Å². The van der Waals surface area contributed by atoms with Crippen molar-refractivity contribution in [3.8, 4) is 5.75 Å². The maximum Gasteiger partial charge on any atom is 0.251 e. The minimum atomic E-state index is -3.44. The van der Waals surface area contributed by atoms with Gasteiger partial charge in [0.05, 0.1) is 24.5 Å². The third kappa shape index (κ3) is 4.84. The molecule has 30 heavy (non-hydrogen) atoms. The Bertz CT molecular complexity index is 1060. The lowest BCUT2D eigenvalue weighted by Crippen LogP contribution is -2.41. The Labute approximate surface area is 178 Å². The third-order valence-electron chi connectivity index (χ3n) is 5.04. The van der Waals surface area contributed by atoms with Crippen LogP contribution in [0.5, 0.6) is 5.75 Å². The first-order valence-corrected chi connectivity index (χ1v) is 11.6. The molecule has 2 aromatic carbocycles. The molecular formula is C23H28N2O4S. The van der Waals surface area contributed by atoms with Crippen molar-refractivity contribution < 1.29 is 17.9 Å². The van der Waals surface area contributed by atoms with Gasteiger partial charge in [-0.25, -0.2) is 8.42 Å². The molecule has 7 heteroatoms. The Balaban J connectivity index is 1.82. The molecule has 1 aliphatic rings. The molecule has 0 unspecified atom stereocenters. The van der Waals surface area contributed by atoms with Gasteiger partial charge >= 0.3 is 0 Å². The van der Waals surface area contributed by atoms with Gasteiger partial charge in [-0.2, -0.15) is 0 Å². The number of rotatable bonds is 6. The quantitative estimate of drug-likeness (QED) is 0.706. The van der Waals surface area contributed by atoms with E-state index in [-0.39, 0.29) is 18.5 Å². The number of carbonyl (C=O) groups is 1. The fraction of sp³-hybridized carbons (Fsp3) is 0.348. The van der Waals surface area contributed by atoms with Crippen LogP contribution >= 0.6 is 0 Å². The number of ether oxygens (including phenoxy) is 1. The Kier molecular flexibility index (Phi) is 5.94. The van der Waals surface area contributed by atoms with E-state index in [2.05, 4.69) is 11.9 Å². The van der Waals surface area contributed by atoms with Gasteiger partial charge in [0.2, 0.25) is 10.0 Å². The van der Waals surface area contributed by atoms with Gasteiger partial charge in [-0.05, 0) is 56.7 Å². The number of carbonyl (C=O) groups excluding carboxylic acids is 1. The highest BCUT2D eigenvalue weighted by Crippen LogP contribution is 2.40. The lowest BCUT2D eigenvalue weighted by molar-refractivity contribution is 0.0619. The van der Waals surface area contributed by atoms with E-state index >= 15 is 0 Å². The van der Waals surface area contributed by atoms with Crippen LogP contribution in [0.15, 0.2) is 55.1 Å². The summed E-state index contributed by atoms with van der Waals surface area (Å²) in [6, 6.07) is 12.3. The van der Waals surface area contributed by atoms with E-state index in [1.165, 1.54) is 10.4 Å². The molecule has 2 aromatic rings. The van der Waals surface area contributed by atoms with Crippen LogP contribution in [0.3, 0.4) is 0 Å². The van der Waals surface area contributed by atoms with Crippen LogP contribution in [-0.4, -0.2) is 32.7 Å². The SMILES string of the molecule is C=CCN(c1ccc(C(=O)N[C@@H]2CC(C)(C)Oc3cc(C)ccc32)cc1)S(C)(=O)=O. The standard InChI is InChI=1S/C23H28N2O4S/c1-6-13-25(30(5,27)28)18-10-8-17(9-11-18)22(26)24-20-15-23(3,4)29-21-14-16(2)7-12-19(20)21/h6-12,14,20H,1,13,15H2,2-5H3,(H,24,26)/t20-/m1/s1. The first-order valence-electron chi connectivity index (χ1n) is 9.79. The fourth-order valence-corrected chi connectivity index (χ4v) is 4.54. The van der Waals surface area contributed by atoms with E-state index in [1.54, 1.807) is 24.3 Å². The van der Waals surface area contributed by atoms with Crippen LogP contribution < -0.4 is 14.4 Å².